The molecule has 0 saturated heterocycles. The molecule has 0 aromatic heterocycles. The number of phenols is 1. The lowest BCUT2D eigenvalue weighted by atomic mass is 10.00. The van der Waals surface area contributed by atoms with Gasteiger partial charge in [0.2, 0.25) is 0 Å². The summed E-state index contributed by atoms with van der Waals surface area (Å²) in [6.07, 6.45) is 1.24. The minimum absolute atomic E-state index is 0.0656. The van der Waals surface area contributed by atoms with Crippen LogP contribution in [0, 0.1) is 0 Å². The smallest absolute Gasteiger partial charge is 0.412 e. The van der Waals surface area contributed by atoms with Crippen molar-refractivity contribution in [3.05, 3.63) is 71.8 Å². The van der Waals surface area contributed by atoms with Gasteiger partial charge < -0.3 is 19.7 Å². The summed E-state index contributed by atoms with van der Waals surface area (Å²) >= 11 is 0. The van der Waals surface area contributed by atoms with E-state index in [9.17, 15) is 19.5 Å². The second-order valence-corrected chi connectivity index (χ2v) is 6.77. The molecule has 2 rings (SSSR count). The van der Waals surface area contributed by atoms with E-state index in [1.807, 2.05) is 0 Å². The number of amides is 1. The van der Waals surface area contributed by atoms with E-state index in [0.29, 0.717) is 29.7 Å². The molecule has 0 fully saturated rings. The number of carboxylic acid groups (broad SMARTS) is 1. The number of phenolic OH excluding ortho intramolecular Hbond substituents is 1. The standard InChI is InChI=1S/C23H25NO7/c1-15(25)16-7-11-18(12-8-16)24-23(29)31-22(17-9-13-19(26)14-10-17)20(30-2)5-3-4-6-21(27)28/h4,6-14,20,22,26H,3,5H2,1-2H3,(H,24,29)(H,27,28)/b6-4+/t20-,22-/m1/s1. The molecule has 2 aromatic rings. The summed E-state index contributed by atoms with van der Waals surface area (Å²) in [7, 11) is 1.47. The summed E-state index contributed by atoms with van der Waals surface area (Å²) in [5.41, 5.74) is 1.58. The molecule has 0 unspecified atom stereocenters. The van der Waals surface area contributed by atoms with Gasteiger partial charge in [-0.05, 0) is 61.7 Å². The van der Waals surface area contributed by atoms with Gasteiger partial charge in [-0.2, -0.15) is 0 Å². The third-order valence-electron chi connectivity index (χ3n) is 4.51. The van der Waals surface area contributed by atoms with E-state index in [1.165, 1.54) is 32.2 Å². The minimum atomic E-state index is -1.05. The number of Topliss-reactive ketones (excluding diaryl/α,β-unsaturated/α-hetero) is 1. The van der Waals surface area contributed by atoms with Crippen molar-refractivity contribution in [3.8, 4) is 5.75 Å². The first-order valence-corrected chi connectivity index (χ1v) is 9.60. The zero-order valence-electron chi connectivity index (χ0n) is 17.3. The molecule has 8 nitrogen and oxygen atoms in total. The van der Waals surface area contributed by atoms with Crippen molar-refractivity contribution in [2.24, 2.45) is 0 Å². The van der Waals surface area contributed by atoms with Crippen LogP contribution in [0.3, 0.4) is 0 Å². The fourth-order valence-electron chi connectivity index (χ4n) is 2.91. The number of aromatic hydroxyl groups is 1. The van der Waals surface area contributed by atoms with Crippen molar-refractivity contribution >= 4 is 23.5 Å². The first-order chi connectivity index (χ1) is 14.8. The summed E-state index contributed by atoms with van der Waals surface area (Å²) in [5.74, 6) is -1.06. The van der Waals surface area contributed by atoms with Crippen LogP contribution in [-0.4, -0.2) is 41.3 Å². The van der Waals surface area contributed by atoms with Gasteiger partial charge in [-0.25, -0.2) is 9.59 Å². The van der Waals surface area contributed by atoms with Crippen LogP contribution in [0.15, 0.2) is 60.7 Å². The zero-order chi connectivity index (χ0) is 22.8. The maximum absolute atomic E-state index is 12.5. The van der Waals surface area contributed by atoms with E-state index in [0.717, 1.165) is 6.08 Å². The third-order valence-corrected chi connectivity index (χ3v) is 4.51. The van der Waals surface area contributed by atoms with Crippen LogP contribution in [0.5, 0.6) is 5.75 Å². The quantitative estimate of drug-likeness (QED) is 0.381. The van der Waals surface area contributed by atoms with Crippen LogP contribution in [0.2, 0.25) is 0 Å². The molecular weight excluding hydrogens is 402 g/mol. The molecule has 0 bridgehead atoms. The number of carbonyl (C=O) groups excluding carboxylic acids is 2. The fraction of sp³-hybridized carbons (Fsp3) is 0.261. The summed E-state index contributed by atoms with van der Waals surface area (Å²) in [6, 6.07) is 12.6. The maximum Gasteiger partial charge on any atom is 0.412 e. The summed E-state index contributed by atoms with van der Waals surface area (Å²) in [4.78, 5) is 34.5. The number of ether oxygens (including phenoxy) is 2. The first-order valence-electron chi connectivity index (χ1n) is 9.60. The van der Waals surface area contributed by atoms with E-state index in [-0.39, 0.29) is 11.5 Å². The van der Waals surface area contributed by atoms with Gasteiger partial charge in [0, 0.05) is 24.4 Å². The van der Waals surface area contributed by atoms with Crippen molar-refractivity contribution in [2.75, 3.05) is 12.4 Å². The normalized spacial score (nSPS) is 12.8. The largest absolute Gasteiger partial charge is 0.508 e. The van der Waals surface area contributed by atoms with Crippen LogP contribution in [0.1, 0.15) is 41.8 Å². The molecule has 0 spiro atoms. The molecule has 0 saturated carbocycles. The van der Waals surface area contributed by atoms with Crippen molar-refractivity contribution in [3.63, 3.8) is 0 Å². The lowest BCUT2D eigenvalue weighted by Crippen LogP contribution is -2.28. The van der Waals surface area contributed by atoms with E-state index in [1.54, 1.807) is 36.4 Å². The number of hydrogen-bond donors (Lipinski definition) is 3. The number of carbonyl (C=O) groups is 3. The van der Waals surface area contributed by atoms with Crippen molar-refractivity contribution in [1.29, 1.82) is 0 Å². The number of hydrogen-bond acceptors (Lipinski definition) is 6. The Labute approximate surface area is 180 Å². The van der Waals surface area contributed by atoms with E-state index < -0.39 is 24.3 Å². The average Bonchev–Trinajstić information content (AvgIpc) is 2.73. The lowest BCUT2D eigenvalue weighted by molar-refractivity contribution is -0.131. The average molecular weight is 427 g/mol. The maximum atomic E-state index is 12.5. The number of carboxylic acids is 1. The Hall–Kier alpha value is -3.65. The SMILES string of the molecule is CO[C@H](CC/C=C/C(=O)O)[C@H](OC(=O)Nc1ccc(C(C)=O)cc1)c1ccc(O)cc1. The number of rotatable bonds is 10. The van der Waals surface area contributed by atoms with Gasteiger partial charge in [0.05, 0.1) is 6.10 Å². The summed E-state index contributed by atoms with van der Waals surface area (Å²) in [5, 5.41) is 20.9. The number of anilines is 1. The number of nitrogens with one attached hydrogen (secondary N) is 1. The number of aliphatic carboxylic acids is 1. The molecule has 0 aliphatic rings. The molecule has 8 heteroatoms. The third kappa shape index (κ3) is 7.60. The van der Waals surface area contributed by atoms with Gasteiger partial charge in [-0.3, -0.25) is 10.1 Å². The highest BCUT2D eigenvalue weighted by atomic mass is 16.6. The number of ketones is 1. The summed E-state index contributed by atoms with van der Waals surface area (Å²) in [6.45, 7) is 1.45. The molecule has 3 N–H and O–H groups in total. The monoisotopic (exact) mass is 427 g/mol. The number of methoxy groups -OCH3 is 1. The van der Waals surface area contributed by atoms with Crippen molar-refractivity contribution in [2.45, 2.75) is 32.0 Å². The Balaban J connectivity index is 2.14. The van der Waals surface area contributed by atoms with Crippen LogP contribution in [0.25, 0.3) is 0 Å². The first kappa shape index (κ1) is 23.6. The molecule has 2 atom stereocenters. The van der Waals surface area contributed by atoms with E-state index in [2.05, 4.69) is 5.32 Å². The second kappa shape index (κ2) is 11.5. The predicted octanol–water partition coefficient (Wildman–Crippen LogP) is 4.32. The Kier molecular flexibility index (Phi) is 8.78. The van der Waals surface area contributed by atoms with Gasteiger partial charge in [-0.1, -0.05) is 18.2 Å². The second-order valence-electron chi connectivity index (χ2n) is 6.77. The molecule has 1 amide bonds. The molecule has 2 aromatic carbocycles. The van der Waals surface area contributed by atoms with Gasteiger partial charge in [0.25, 0.3) is 0 Å². The molecule has 0 aliphatic carbocycles. The van der Waals surface area contributed by atoms with Crippen molar-refractivity contribution < 1.29 is 34.1 Å². The zero-order valence-corrected chi connectivity index (χ0v) is 17.3. The molecular formula is C23H25NO7. The topological polar surface area (TPSA) is 122 Å². The van der Waals surface area contributed by atoms with Crippen molar-refractivity contribution in [1.82, 2.24) is 0 Å². The highest BCUT2D eigenvalue weighted by Crippen LogP contribution is 2.28. The minimum Gasteiger partial charge on any atom is -0.508 e. The summed E-state index contributed by atoms with van der Waals surface area (Å²) < 4.78 is 11.1. The fourth-order valence-corrected chi connectivity index (χ4v) is 2.91. The predicted molar refractivity (Wildman–Crippen MR) is 114 cm³/mol. The van der Waals surface area contributed by atoms with Gasteiger partial charge in [0.15, 0.2) is 11.9 Å². The number of allylic oxidation sites excluding steroid dienone is 1. The molecule has 0 aliphatic heterocycles. The molecule has 0 heterocycles. The van der Waals surface area contributed by atoms with Crippen LogP contribution in [0.4, 0.5) is 10.5 Å². The van der Waals surface area contributed by atoms with Gasteiger partial charge in [-0.15, -0.1) is 0 Å². The van der Waals surface area contributed by atoms with Gasteiger partial charge in [0.1, 0.15) is 5.75 Å². The van der Waals surface area contributed by atoms with E-state index in [4.69, 9.17) is 14.6 Å². The Morgan fingerprint density at radius 3 is 2.26 bits per heavy atom. The Morgan fingerprint density at radius 1 is 1.06 bits per heavy atom. The Morgan fingerprint density at radius 2 is 1.71 bits per heavy atom. The van der Waals surface area contributed by atoms with Crippen LogP contribution < -0.4 is 5.32 Å². The highest BCUT2D eigenvalue weighted by molar-refractivity contribution is 5.95. The highest BCUT2D eigenvalue weighted by Gasteiger charge is 2.27. The Bertz CT molecular complexity index is 920. The lowest BCUT2D eigenvalue weighted by Gasteiger charge is -2.26. The number of benzene rings is 2. The molecule has 31 heavy (non-hydrogen) atoms. The van der Waals surface area contributed by atoms with Crippen LogP contribution in [-0.2, 0) is 14.3 Å². The van der Waals surface area contributed by atoms with E-state index >= 15 is 0 Å². The molecule has 164 valence electrons. The molecule has 0 radical (unpaired) electrons. The van der Waals surface area contributed by atoms with Crippen LogP contribution >= 0.6 is 0 Å². The van der Waals surface area contributed by atoms with Gasteiger partial charge >= 0.3 is 12.1 Å².